The fraction of sp³-hybridized carbons (Fsp3) is 0.944. The van der Waals surface area contributed by atoms with E-state index >= 15 is 0 Å². The number of nitrogens with zero attached hydrogens (tertiary/aromatic N) is 3. The zero-order chi connectivity index (χ0) is 16.7. The summed E-state index contributed by atoms with van der Waals surface area (Å²) in [7, 11) is 2.23. The molecule has 1 atom stereocenters. The molecule has 2 N–H and O–H groups in total. The molecular weight excluding hydrogens is 286 g/mol. The molecular formula is C18H37N5. The van der Waals surface area contributed by atoms with Crippen LogP contribution in [0.2, 0.25) is 0 Å². The maximum absolute atomic E-state index is 4.88. The van der Waals surface area contributed by atoms with Gasteiger partial charge in [0.15, 0.2) is 5.96 Å². The van der Waals surface area contributed by atoms with Gasteiger partial charge in [-0.15, -0.1) is 0 Å². The summed E-state index contributed by atoms with van der Waals surface area (Å²) in [5.74, 6) is 0.970. The summed E-state index contributed by atoms with van der Waals surface area (Å²) in [5.41, 5.74) is 0.146. The first kappa shape index (κ1) is 18.5. The van der Waals surface area contributed by atoms with Gasteiger partial charge in [-0.25, -0.2) is 0 Å². The maximum atomic E-state index is 4.88. The van der Waals surface area contributed by atoms with Crippen LogP contribution in [0.25, 0.3) is 0 Å². The van der Waals surface area contributed by atoms with Crippen LogP contribution in [0.5, 0.6) is 0 Å². The molecule has 0 aliphatic carbocycles. The Labute approximate surface area is 142 Å². The number of likely N-dealkylation sites (N-methyl/N-ethyl adjacent to an activating group) is 1. The van der Waals surface area contributed by atoms with E-state index in [0.29, 0.717) is 6.04 Å². The smallest absolute Gasteiger partial charge is 0.191 e. The molecule has 0 amide bonds. The first-order valence-corrected chi connectivity index (χ1v) is 9.50. The van der Waals surface area contributed by atoms with Crippen LogP contribution < -0.4 is 10.6 Å². The normalized spacial score (nSPS) is 24.9. The van der Waals surface area contributed by atoms with E-state index in [0.717, 1.165) is 25.6 Å². The topological polar surface area (TPSA) is 42.9 Å². The zero-order valence-corrected chi connectivity index (χ0v) is 15.7. The predicted octanol–water partition coefficient (Wildman–Crippen LogP) is 1.90. The Hall–Kier alpha value is -0.810. The molecule has 23 heavy (non-hydrogen) atoms. The van der Waals surface area contributed by atoms with Gasteiger partial charge in [-0.3, -0.25) is 9.89 Å². The van der Waals surface area contributed by atoms with Crippen molar-refractivity contribution in [1.82, 2.24) is 20.4 Å². The molecule has 1 unspecified atom stereocenters. The van der Waals surface area contributed by atoms with E-state index < -0.39 is 0 Å². The Bertz CT molecular complexity index is 374. The van der Waals surface area contributed by atoms with Crippen LogP contribution in [0.15, 0.2) is 4.99 Å². The van der Waals surface area contributed by atoms with Crippen LogP contribution in [0.3, 0.4) is 0 Å². The van der Waals surface area contributed by atoms with E-state index in [9.17, 15) is 0 Å². The quantitative estimate of drug-likeness (QED) is 0.579. The fourth-order valence-corrected chi connectivity index (χ4v) is 3.67. The number of hydrogen-bond acceptors (Lipinski definition) is 3. The van der Waals surface area contributed by atoms with Crippen molar-refractivity contribution in [1.29, 1.82) is 0 Å². The van der Waals surface area contributed by atoms with Gasteiger partial charge in [0.1, 0.15) is 0 Å². The lowest BCUT2D eigenvalue weighted by molar-refractivity contribution is 0.102. The Morgan fingerprint density at radius 1 is 1.09 bits per heavy atom. The summed E-state index contributed by atoms with van der Waals surface area (Å²) in [6, 6.07) is 0.647. The minimum atomic E-state index is 0.146. The van der Waals surface area contributed by atoms with Crippen LogP contribution >= 0.6 is 0 Å². The molecule has 0 radical (unpaired) electrons. The molecule has 0 aromatic heterocycles. The van der Waals surface area contributed by atoms with Crippen molar-refractivity contribution in [3.05, 3.63) is 0 Å². The number of guanidine groups is 1. The highest BCUT2D eigenvalue weighted by Gasteiger charge is 2.27. The van der Waals surface area contributed by atoms with Crippen LogP contribution in [-0.4, -0.2) is 73.7 Å². The zero-order valence-electron chi connectivity index (χ0n) is 15.7. The number of hydrogen-bond donors (Lipinski definition) is 2. The van der Waals surface area contributed by atoms with Gasteiger partial charge in [-0.2, -0.15) is 0 Å². The number of likely N-dealkylation sites (tertiary alicyclic amines) is 2. The van der Waals surface area contributed by atoms with Gasteiger partial charge in [0.25, 0.3) is 0 Å². The molecule has 0 saturated carbocycles. The second-order valence-electron chi connectivity index (χ2n) is 7.71. The number of rotatable bonds is 6. The Kier molecular flexibility index (Phi) is 7.15. The molecule has 0 aromatic carbocycles. The van der Waals surface area contributed by atoms with Crippen LogP contribution in [0, 0.1) is 0 Å². The minimum absolute atomic E-state index is 0.146. The SMILES string of the molecule is CCNC(=NCC(C)(C)N1CCCCC1)NCC1CCCN1C. The Morgan fingerprint density at radius 3 is 2.43 bits per heavy atom. The van der Waals surface area contributed by atoms with E-state index in [1.165, 1.54) is 51.7 Å². The third-order valence-corrected chi connectivity index (χ3v) is 5.36. The lowest BCUT2D eigenvalue weighted by Crippen LogP contribution is -2.50. The number of aliphatic imine (C=N–C) groups is 1. The molecule has 2 saturated heterocycles. The number of nitrogens with one attached hydrogen (secondary N) is 2. The van der Waals surface area contributed by atoms with Crippen molar-refractivity contribution in [2.75, 3.05) is 46.3 Å². The largest absolute Gasteiger partial charge is 0.357 e. The Morgan fingerprint density at radius 2 is 1.83 bits per heavy atom. The summed E-state index contributed by atoms with van der Waals surface area (Å²) in [6.45, 7) is 13.2. The predicted molar refractivity (Wildman–Crippen MR) is 99.1 cm³/mol. The lowest BCUT2D eigenvalue weighted by atomic mass is 9.99. The molecule has 5 heteroatoms. The van der Waals surface area contributed by atoms with E-state index in [2.05, 4.69) is 48.3 Å². The minimum Gasteiger partial charge on any atom is -0.357 e. The van der Waals surface area contributed by atoms with Crippen molar-refractivity contribution in [3.8, 4) is 0 Å². The van der Waals surface area contributed by atoms with E-state index in [1.807, 2.05) is 0 Å². The van der Waals surface area contributed by atoms with Gasteiger partial charge in [-0.05, 0) is 73.1 Å². The van der Waals surface area contributed by atoms with Crippen molar-refractivity contribution in [2.45, 2.75) is 64.5 Å². The van der Waals surface area contributed by atoms with Gasteiger partial charge in [-0.1, -0.05) is 6.42 Å². The molecule has 2 heterocycles. The van der Waals surface area contributed by atoms with Gasteiger partial charge in [0.05, 0.1) is 6.54 Å². The van der Waals surface area contributed by atoms with Crippen molar-refractivity contribution < 1.29 is 0 Å². The van der Waals surface area contributed by atoms with Crippen molar-refractivity contribution >= 4 is 5.96 Å². The van der Waals surface area contributed by atoms with Crippen LogP contribution in [0.4, 0.5) is 0 Å². The van der Waals surface area contributed by atoms with E-state index in [4.69, 9.17) is 4.99 Å². The summed E-state index contributed by atoms with van der Waals surface area (Å²) in [6.07, 6.45) is 6.66. The van der Waals surface area contributed by atoms with Gasteiger partial charge >= 0.3 is 0 Å². The number of piperidine rings is 1. The Balaban J connectivity index is 1.86. The maximum Gasteiger partial charge on any atom is 0.191 e. The van der Waals surface area contributed by atoms with Gasteiger partial charge in [0.2, 0.25) is 0 Å². The lowest BCUT2D eigenvalue weighted by Gasteiger charge is -2.40. The molecule has 0 spiro atoms. The van der Waals surface area contributed by atoms with Crippen molar-refractivity contribution in [3.63, 3.8) is 0 Å². The highest BCUT2D eigenvalue weighted by atomic mass is 15.2. The third kappa shape index (κ3) is 5.64. The van der Waals surface area contributed by atoms with E-state index in [-0.39, 0.29) is 5.54 Å². The molecule has 2 fully saturated rings. The monoisotopic (exact) mass is 323 g/mol. The van der Waals surface area contributed by atoms with Crippen LogP contribution in [-0.2, 0) is 0 Å². The first-order valence-electron chi connectivity index (χ1n) is 9.50. The second-order valence-corrected chi connectivity index (χ2v) is 7.71. The van der Waals surface area contributed by atoms with E-state index in [1.54, 1.807) is 0 Å². The summed E-state index contributed by atoms with van der Waals surface area (Å²) in [4.78, 5) is 9.94. The standard InChI is InChI=1S/C18H37N5/c1-5-19-17(20-14-16-10-9-11-22(16)4)21-15-18(2,3)23-12-7-6-8-13-23/h16H,5-15H2,1-4H3,(H2,19,20,21). The second kappa shape index (κ2) is 8.88. The summed E-state index contributed by atoms with van der Waals surface area (Å²) >= 11 is 0. The average molecular weight is 324 g/mol. The van der Waals surface area contributed by atoms with Crippen LogP contribution in [0.1, 0.15) is 52.9 Å². The first-order chi connectivity index (χ1) is 11.0. The average Bonchev–Trinajstić information content (AvgIpc) is 2.96. The van der Waals surface area contributed by atoms with Crippen molar-refractivity contribution in [2.24, 2.45) is 4.99 Å². The third-order valence-electron chi connectivity index (χ3n) is 5.36. The fourth-order valence-electron chi connectivity index (χ4n) is 3.67. The highest BCUT2D eigenvalue weighted by molar-refractivity contribution is 5.79. The summed E-state index contributed by atoms with van der Waals surface area (Å²) in [5, 5.41) is 6.95. The molecule has 134 valence electrons. The van der Waals surface area contributed by atoms with Gasteiger partial charge in [0, 0.05) is 24.7 Å². The molecule has 5 nitrogen and oxygen atoms in total. The molecule has 2 rings (SSSR count). The molecule has 2 aliphatic rings. The summed E-state index contributed by atoms with van der Waals surface area (Å²) < 4.78 is 0. The van der Waals surface area contributed by atoms with Gasteiger partial charge < -0.3 is 15.5 Å². The molecule has 0 aromatic rings. The highest BCUT2D eigenvalue weighted by Crippen LogP contribution is 2.20. The molecule has 2 aliphatic heterocycles. The molecule has 0 bridgehead atoms.